The molecule has 0 radical (unpaired) electrons. The van der Waals surface area contributed by atoms with Gasteiger partial charge in [0.15, 0.2) is 0 Å². The molecule has 2 N–H and O–H groups in total. The van der Waals surface area contributed by atoms with Crippen LogP contribution in [0, 0.1) is 11.8 Å². The minimum absolute atomic E-state index is 0.0882. The molecule has 18 heavy (non-hydrogen) atoms. The molecule has 0 bridgehead atoms. The van der Waals surface area contributed by atoms with Crippen LogP contribution in [0.15, 0.2) is 9.98 Å². The number of aromatic nitrogens is 1. The first-order valence-corrected chi connectivity index (χ1v) is 8.09. The fourth-order valence-corrected chi connectivity index (χ4v) is 4.18. The minimum Gasteiger partial charge on any atom is -0.369 e. The first-order valence-electron chi connectivity index (χ1n) is 6.48. The summed E-state index contributed by atoms with van der Waals surface area (Å²) in [6.07, 6.45) is 7.15. The van der Waals surface area contributed by atoms with Crippen molar-refractivity contribution in [2.24, 2.45) is 17.6 Å². The van der Waals surface area contributed by atoms with E-state index in [0.29, 0.717) is 11.8 Å². The summed E-state index contributed by atoms with van der Waals surface area (Å²) in [5.74, 6) is 1.07. The second kappa shape index (κ2) is 6.15. The Hall–Kier alpha value is -0.420. The number of primary amides is 1. The van der Waals surface area contributed by atoms with Gasteiger partial charge in [0.25, 0.3) is 0 Å². The molecule has 1 aliphatic carbocycles. The Balaban J connectivity index is 1.99. The summed E-state index contributed by atoms with van der Waals surface area (Å²) in [5.41, 5.74) is 5.42. The summed E-state index contributed by atoms with van der Waals surface area (Å²) < 4.78 is 1.09. The lowest BCUT2D eigenvalue weighted by Gasteiger charge is -2.20. The minimum atomic E-state index is -0.125. The Labute approximate surface area is 120 Å². The molecule has 0 saturated heterocycles. The van der Waals surface area contributed by atoms with Gasteiger partial charge in [0.2, 0.25) is 5.91 Å². The van der Waals surface area contributed by atoms with Crippen LogP contribution in [0.4, 0.5) is 0 Å². The molecule has 2 rings (SSSR count). The normalized spacial score (nSPS) is 26.6. The molecule has 1 heterocycles. The molecule has 1 amide bonds. The van der Waals surface area contributed by atoms with Gasteiger partial charge in [0.05, 0.1) is 15.0 Å². The van der Waals surface area contributed by atoms with Crippen molar-refractivity contribution in [1.29, 1.82) is 0 Å². The average molecular weight is 331 g/mol. The summed E-state index contributed by atoms with van der Waals surface area (Å²) in [7, 11) is 0. The van der Waals surface area contributed by atoms with Gasteiger partial charge in [-0.05, 0) is 47.5 Å². The topological polar surface area (TPSA) is 56.0 Å². The highest BCUT2D eigenvalue weighted by atomic mass is 79.9. The molecular formula is C13H19BrN2OS. The molecule has 1 aliphatic rings. The van der Waals surface area contributed by atoms with Gasteiger partial charge < -0.3 is 5.73 Å². The lowest BCUT2D eigenvalue weighted by Crippen LogP contribution is -2.22. The molecule has 0 aromatic carbocycles. The highest BCUT2D eigenvalue weighted by Crippen LogP contribution is 2.38. The number of amides is 1. The first kappa shape index (κ1) is 14.0. The second-order valence-electron chi connectivity index (χ2n) is 5.16. The fourth-order valence-electron chi connectivity index (χ4n) is 2.79. The van der Waals surface area contributed by atoms with Crippen LogP contribution in [0.25, 0.3) is 0 Å². The Kier molecular flexibility index (Phi) is 4.78. The Bertz CT molecular complexity index is 421. The van der Waals surface area contributed by atoms with E-state index in [2.05, 4.69) is 27.8 Å². The van der Waals surface area contributed by atoms with E-state index in [9.17, 15) is 4.79 Å². The molecule has 3 unspecified atom stereocenters. The zero-order chi connectivity index (χ0) is 13.1. The number of rotatable bonds is 3. The number of halogens is 1. The molecule has 0 spiro atoms. The van der Waals surface area contributed by atoms with Gasteiger partial charge in [-0.2, -0.15) is 0 Å². The summed E-state index contributed by atoms with van der Waals surface area (Å²) in [4.78, 5) is 15.7. The molecule has 5 heteroatoms. The highest BCUT2D eigenvalue weighted by Gasteiger charge is 2.27. The molecule has 1 saturated carbocycles. The number of thiazole rings is 1. The molecule has 3 nitrogen and oxygen atoms in total. The van der Waals surface area contributed by atoms with Crippen molar-refractivity contribution in [3.63, 3.8) is 0 Å². The molecular weight excluding hydrogens is 312 g/mol. The summed E-state index contributed by atoms with van der Waals surface area (Å²) in [6, 6.07) is 0. The van der Waals surface area contributed by atoms with Gasteiger partial charge in [-0.1, -0.05) is 13.3 Å². The predicted molar refractivity (Wildman–Crippen MR) is 77.5 cm³/mol. The van der Waals surface area contributed by atoms with Crippen LogP contribution >= 0.6 is 27.3 Å². The quantitative estimate of drug-likeness (QED) is 0.859. The predicted octanol–water partition coefficient (Wildman–Crippen LogP) is 3.69. The number of nitrogens with zero attached hydrogens (tertiary/aromatic N) is 1. The summed E-state index contributed by atoms with van der Waals surface area (Å²) in [6.45, 7) is 2.25. The molecule has 0 aliphatic heterocycles. The smallest absolute Gasteiger partial charge is 0.220 e. The zero-order valence-corrected chi connectivity index (χ0v) is 13.0. The van der Waals surface area contributed by atoms with Crippen molar-refractivity contribution in [2.75, 3.05) is 0 Å². The van der Waals surface area contributed by atoms with Crippen LogP contribution in [-0.4, -0.2) is 10.9 Å². The van der Waals surface area contributed by atoms with Gasteiger partial charge in [0, 0.05) is 11.8 Å². The lowest BCUT2D eigenvalue weighted by atomic mass is 9.87. The third-order valence-electron chi connectivity index (χ3n) is 4.01. The van der Waals surface area contributed by atoms with Crippen LogP contribution in [-0.2, 0) is 4.79 Å². The van der Waals surface area contributed by atoms with Crippen molar-refractivity contribution in [3.05, 3.63) is 15.0 Å². The lowest BCUT2D eigenvalue weighted by molar-refractivity contribution is -0.122. The fraction of sp³-hybridized carbons (Fsp3) is 0.692. The van der Waals surface area contributed by atoms with Crippen LogP contribution in [0.3, 0.4) is 0 Å². The van der Waals surface area contributed by atoms with E-state index in [1.165, 1.54) is 11.4 Å². The van der Waals surface area contributed by atoms with Crippen LogP contribution in [0.2, 0.25) is 0 Å². The van der Waals surface area contributed by atoms with Crippen molar-refractivity contribution in [2.45, 2.75) is 44.9 Å². The number of carbonyl (C=O) groups is 1. The second-order valence-corrected chi connectivity index (χ2v) is 7.60. The van der Waals surface area contributed by atoms with Crippen LogP contribution < -0.4 is 5.73 Å². The average Bonchev–Trinajstić information content (AvgIpc) is 2.63. The van der Waals surface area contributed by atoms with E-state index >= 15 is 0 Å². The standard InChI is InChI=1S/C13H19BrN2OS/c1-8(13-16-7-11(14)18-13)9-3-2-4-10(6-5-9)12(15)17/h7-10H,2-6H2,1H3,(H2,15,17). The number of carbonyl (C=O) groups excluding carboxylic acids is 1. The Morgan fingerprint density at radius 2 is 2.28 bits per heavy atom. The van der Waals surface area contributed by atoms with E-state index < -0.39 is 0 Å². The van der Waals surface area contributed by atoms with E-state index in [1.54, 1.807) is 11.3 Å². The number of hydrogen-bond acceptors (Lipinski definition) is 3. The van der Waals surface area contributed by atoms with Crippen molar-refractivity contribution in [1.82, 2.24) is 4.98 Å². The van der Waals surface area contributed by atoms with Gasteiger partial charge in [-0.3, -0.25) is 4.79 Å². The van der Waals surface area contributed by atoms with E-state index in [0.717, 1.165) is 29.5 Å². The SMILES string of the molecule is CC(c1ncc(Br)s1)C1CCCC(C(N)=O)CC1. The maximum atomic E-state index is 11.3. The van der Waals surface area contributed by atoms with Crippen molar-refractivity contribution < 1.29 is 4.79 Å². The van der Waals surface area contributed by atoms with Gasteiger partial charge in [0.1, 0.15) is 0 Å². The Morgan fingerprint density at radius 1 is 1.50 bits per heavy atom. The van der Waals surface area contributed by atoms with E-state index in [-0.39, 0.29) is 11.8 Å². The largest absolute Gasteiger partial charge is 0.369 e. The third kappa shape index (κ3) is 3.32. The maximum absolute atomic E-state index is 11.3. The monoisotopic (exact) mass is 330 g/mol. The summed E-state index contributed by atoms with van der Waals surface area (Å²) >= 11 is 5.18. The Morgan fingerprint density at radius 3 is 2.89 bits per heavy atom. The van der Waals surface area contributed by atoms with E-state index in [1.807, 2.05) is 6.20 Å². The maximum Gasteiger partial charge on any atom is 0.220 e. The van der Waals surface area contributed by atoms with Crippen molar-refractivity contribution in [3.8, 4) is 0 Å². The van der Waals surface area contributed by atoms with Gasteiger partial charge in [-0.25, -0.2) is 4.98 Å². The summed E-state index contributed by atoms with van der Waals surface area (Å²) in [5, 5.41) is 1.20. The molecule has 1 aromatic rings. The molecule has 3 atom stereocenters. The van der Waals surface area contributed by atoms with Gasteiger partial charge in [-0.15, -0.1) is 11.3 Å². The number of hydrogen-bond donors (Lipinski definition) is 1. The van der Waals surface area contributed by atoms with Crippen molar-refractivity contribution >= 4 is 33.2 Å². The van der Waals surface area contributed by atoms with Crippen LogP contribution in [0.1, 0.15) is 50.0 Å². The van der Waals surface area contributed by atoms with E-state index in [4.69, 9.17) is 5.73 Å². The van der Waals surface area contributed by atoms with Crippen LogP contribution in [0.5, 0.6) is 0 Å². The van der Waals surface area contributed by atoms with Gasteiger partial charge >= 0.3 is 0 Å². The molecule has 1 fully saturated rings. The molecule has 100 valence electrons. The highest BCUT2D eigenvalue weighted by molar-refractivity contribution is 9.11. The number of nitrogens with two attached hydrogens (primary N) is 1. The zero-order valence-electron chi connectivity index (χ0n) is 10.6. The third-order valence-corrected chi connectivity index (χ3v) is 5.68. The first-order chi connectivity index (χ1) is 8.58. The molecule has 1 aromatic heterocycles.